The number of carbonyl (C=O) groups is 1. The van der Waals surface area contributed by atoms with Crippen LogP contribution in [0.25, 0.3) is 0 Å². The molecule has 2 heterocycles. The second kappa shape index (κ2) is 8.45. The van der Waals surface area contributed by atoms with Crippen molar-refractivity contribution in [3.05, 3.63) is 18.3 Å². The van der Waals surface area contributed by atoms with Crippen molar-refractivity contribution in [2.45, 2.75) is 50.1 Å². The van der Waals surface area contributed by atoms with Gasteiger partial charge in [0.1, 0.15) is 6.61 Å². The van der Waals surface area contributed by atoms with Gasteiger partial charge < -0.3 is 19.5 Å². The van der Waals surface area contributed by atoms with Gasteiger partial charge in [0, 0.05) is 12.6 Å². The van der Waals surface area contributed by atoms with Crippen LogP contribution in [0.2, 0.25) is 0 Å². The molecule has 12 heteroatoms. The highest BCUT2D eigenvalue weighted by molar-refractivity contribution is 5.99. The second-order valence-corrected chi connectivity index (χ2v) is 8.08. The minimum atomic E-state index is -4.49. The molecule has 3 rings (SSSR count). The Hall–Kier alpha value is -2.08. The van der Waals surface area contributed by atoms with Gasteiger partial charge in [-0.1, -0.05) is 0 Å². The van der Waals surface area contributed by atoms with Crippen LogP contribution in [0.5, 0.6) is 5.88 Å². The maximum absolute atomic E-state index is 13.0. The van der Waals surface area contributed by atoms with Crippen LogP contribution in [0.1, 0.15) is 32.1 Å². The van der Waals surface area contributed by atoms with Crippen molar-refractivity contribution in [3.8, 4) is 5.88 Å². The third kappa shape index (κ3) is 6.00. The number of alkyl halides is 6. The number of halogens is 6. The summed E-state index contributed by atoms with van der Waals surface area (Å²) in [5.41, 5.74) is -1.74. The van der Waals surface area contributed by atoms with Crippen LogP contribution >= 0.6 is 0 Å². The van der Waals surface area contributed by atoms with Gasteiger partial charge in [0.15, 0.2) is 6.61 Å². The summed E-state index contributed by atoms with van der Waals surface area (Å²) < 4.78 is 82.5. The van der Waals surface area contributed by atoms with E-state index in [9.17, 15) is 36.2 Å². The highest BCUT2D eigenvalue weighted by atomic mass is 19.4. The van der Waals surface area contributed by atoms with Gasteiger partial charge in [0.25, 0.3) is 0 Å². The number of aliphatic hydroxyl groups is 1. The first-order chi connectivity index (χ1) is 14.3. The molecule has 31 heavy (non-hydrogen) atoms. The van der Waals surface area contributed by atoms with Gasteiger partial charge in [0.2, 0.25) is 11.8 Å². The minimum absolute atomic E-state index is 0.132. The molecule has 0 bridgehead atoms. The largest absolute Gasteiger partial charge is 0.468 e. The van der Waals surface area contributed by atoms with Gasteiger partial charge in [0.05, 0.1) is 29.5 Å². The summed E-state index contributed by atoms with van der Waals surface area (Å²) in [6.45, 7) is -3.00. The van der Waals surface area contributed by atoms with E-state index in [4.69, 9.17) is 0 Å². The van der Waals surface area contributed by atoms with Gasteiger partial charge in [-0.3, -0.25) is 4.79 Å². The van der Waals surface area contributed by atoms with E-state index in [1.54, 1.807) is 0 Å². The van der Waals surface area contributed by atoms with Gasteiger partial charge >= 0.3 is 12.4 Å². The van der Waals surface area contributed by atoms with Crippen LogP contribution in [-0.2, 0) is 9.53 Å². The summed E-state index contributed by atoms with van der Waals surface area (Å²) in [5.74, 6) is -0.416. The third-order valence-corrected chi connectivity index (χ3v) is 5.70. The monoisotopic (exact) mass is 456 g/mol. The molecule has 6 nitrogen and oxygen atoms in total. The second-order valence-electron chi connectivity index (χ2n) is 8.08. The first-order valence-corrected chi connectivity index (χ1v) is 9.65. The fourth-order valence-electron chi connectivity index (χ4n) is 4.00. The van der Waals surface area contributed by atoms with Gasteiger partial charge in [-0.25, -0.2) is 4.98 Å². The lowest BCUT2D eigenvalue weighted by Crippen LogP contribution is -2.46. The van der Waals surface area contributed by atoms with E-state index in [1.807, 2.05) is 0 Å². The lowest BCUT2D eigenvalue weighted by atomic mass is 9.68. The highest BCUT2D eigenvalue weighted by Gasteiger charge is 2.51. The van der Waals surface area contributed by atoms with Gasteiger partial charge in [-0.2, -0.15) is 26.3 Å². The third-order valence-electron chi connectivity index (χ3n) is 5.70. The number of carbonyl (C=O) groups excluding carboxylic acids is 1. The summed E-state index contributed by atoms with van der Waals surface area (Å²) in [6.07, 6.45) is -6.35. The predicted octanol–water partition coefficient (Wildman–Crippen LogP) is 3.63. The van der Waals surface area contributed by atoms with Crippen LogP contribution in [0.3, 0.4) is 0 Å². The Morgan fingerprint density at radius 2 is 1.65 bits per heavy atom. The van der Waals surface area contributed by atoms with Crippen molar-refractivity contribution < 1.29 is 45.7 Å². The number of nitrogens with zero attached hydrogens (tertiary/aromatic N) is 2. The van der Waals surface area contributed by atoms with E-state index in [-0.39, 0.29) is 24.6 Å². The van der Waals surface area contributed by atoms with Crippen LogP contribution in [0.15, 0.2) is 18.3 Å². The standard InChI is InChI=1S/C19H22F6N2O4/c20-18(21,22)11-30-10-17(29)5-3-16(4-6-17)7-8-27(15(16)28)13-1-2-14(26-9-13)31-12-19(23,24)25/h1-2,9,29H,3-8,10-12H2/t16-,17+. The Morgan fingerprint density at radius 1 is 1.00 bits per heavy atom. The molecular formula is C19H22F6N2O4. The molecule has 1 amide bonds. The molecule has 0 radical (unpaired) electrons. The zero-order chi connectivity index (χ0) is 22.9. The molecule has 1 N–H and O–H groups in total. The number of pyridine rings is 1. The zero-order valence-electron chi connectivity index (χ0n) is 16.4. The van der Waals surface area contributed by atoms with Crippen LogP contribution in [0, 0.1) is 5.41 Å². The van der Waals surface area contributed by atoms with Crippen molar-refractivity contribution in [2.24, 2.45) is 5.41 Å². The summed E-state index contributed by atoms with van der Waals surface area (Å²) in [5, 5.41) is 10.5. The highest BCUT2D eigenvalue weighted by Crippen LogP contribution is 2.48. The smallest absolute Gasteiger partial charge is 0.422 e. The summed E-state index contributed by atoms with van der Waals surface area (Å²) in [4.78, 5) is 18.3. The van der Waals surface area contributed by atoms with E-state index >= 15 is 0 Å². The first kappa shape index (κ1) is 23.6. The molecule has 1 aliphatic carbocycles. The van der Waals surface area contributed by atoms with Crippen molar-refractivity contribution in [1.82, 2.24) is 4.98 Å². The molecule has 1 spiro atoms. The van der Waals surface area contributed by atoms with E-state index < -0.39 is 43.2 Å². The Morgan fingerprint density at radius 3 is 2.19 bits per heavy atom. The zero-order valence-corrected chi connectivity index (χ0v) is 16.4. The van der Waals surface area contributed by atoms with Crippen molar-refractivity contribution in [1.29, 1.82) is 0 Å². The van der Waals surface area contributed by atoms with E-state index in [0.29, 0.717) is 31.5 Å². The number of amides is 1. The summed E-state index contributed by atoms with van der Waals surface area (Å²) >= 11 is 0. The molecule has 2 fully saturated rings. The summed E-state index contributed by atoms with van der Waals surface area (Å²) in [6, 6.07) is 2.69. The summed E-state index contributed by atoms with van der Waals surface area (Å²) in [7, 11) is 0. The van der Waals surface area contributed by atoms with Gasteiger partial charge in [-0.05, 0) is 38.2 Å². The molecule has 1 aromatic heterocycles. The Balaban J connectivity index is 1.56. The number of anilines is 1. The molecule has 0 unspecified atom stereocenters. The van der Waals surface area contributed by atoms with Crippen molar-refractivity contribution in [2.75, 3.05) is 31.3 Å². The Labute approximate surface area is 174 Å². The molecule has 1 aromatic rings. The Bertz CT molecular complexity index is 773. The molecule has 1 aliphatic heterocycles. The molecular weight excluding hydrogens is 434 g/mol. The molecule has 174 valence electrons. The number of rotatable bonds is 6. The molecule has 0 aromatic carbocycles. The number of aromatic nitrogens is 1. The Kier molecular flexibility index (Phi) is 6.43. The number of hydrogen-bond acceptors (Lipinski definition) is 5. The molecule has 1 saturated carbocycles. The fraction of sp³-hybridized carbons (Fsp3) is 0.684. The maximum atomic E-state index is 13.0. The predicted molar refractivity (Wildman–Crippen MR) is 95.5 cm³/mol. The molecule has 0 atom stereocenters. The van der Waals surface area contributed by atoms with Gasteiger partial charge in [-0.15, -0.1) is 0 Å². The van der Waals surface area contributed by atoms with E-state index in [1.165, 1.54) is 23.2 Å². The van der Waals surface area contributed by atoms with Crippen LogP contribution in [-0.4, -0.2) is 60.3 Å². The van der Waals surface area contributed by atoms with Crippen LogP contribution in [0.4, 0.5) is 32.0 Å². The normalized spacial score (nSPS) is 27.2. The lowest BCUT2D eigenvalue weighted by molar-refractivity contribution is -0.191. The van der Waals surface area contributed by atoms with Crippen molar-refractivity contribution >= 4 is 11.6 Å². The van der Waals surface area contributed by atoms with Crippen molar-refractivity contribution in [3.63, 3.8) is 0 Å². The number of hydrogen-bond donors (Lipinski definition) is 1. The average molecular weight is 456 g/mol. The fourth-order valence-corrected chi connectivity index (χ4v) is 4.00. The van der Waals surface area contributed by atoms with E-state index in [2.05, 4.69) is 14.5 Å². The lowest BCUT2D eigenvalue weighted by Gasteiger charge is -2.40. The topological polar surface area (TPSA) is 71.9 Å². The maximum Gasteiger partial charge on any atom is 0.422 e. The van der Waals surface area contributed by atoms with Crippen LogP contribution < -0.4 is 9.64 Å². The minimum Gasteiger partial charge on any atom is -0.468 e. The average Bonchev–Trinajstić information content (AvgIpc) is 2.98. The van der Waals surface area contributed by atoms with E-state index in [0.717, 1.165) is 0 Å². The molecule has 1 saturated heterocycles. The quantitative estimate of drug-likeness (QED) is 0.662. The molecule has 2 aliphatic rings. The number of ether oxygens (including phenoxy) is 2. The first-order valence-electron chi connectivity index (χ1n) is 9.65. The SMILES string of the molecule is O=C1N(c2ccc(OCC(F)(F)F)nc2)CC[C@]12CC[C@@](O)(COCC(F)(F)F)CC2.